The SMILES string of the molecule is Nc1c(F)cc(F)cc1NC1CCSC1. The zero-order valence-corrected chi connectivity index (χ0v) is 8.91. The van der Waals surface area contributed by atoms with Crippen molar-refractivity contribution in [2.45, 2.75) is 12.5 Å². The van der Waals surface area contributed by atoms with Crippen LogP contribution in [0.3, 0.4) is 0 Å². The van der Waals surface area contributed by atoms with Gasteiger partial charge in [-0.3, -0.25) is 0 Å². The number of nitrogens with one attached hydrogen (secondary N) is 1. The number of benzene rings is 1. The van der Waals surface area contributed by atoms with E-state index >= 15 is 0 Å². The number of anilines is 2. The molecule has 2 nitrogen and oxygen atoms in total. The Labute approximate surface area is 91.2 Å². The van der Waals surface area contributed by atoms with Gasteiger partial charge in [-0.25, -0.2) is 8.78 Å². The van der Waals surface area contributed by atoms with Crippen LogP contribution in [-0.2, 0) is 0 Å². The minimum Gasteiger partial charge on any atom is -0.395 e. The summed E-state index contributed by atoms with van der Waals surface area (Å²) < 4.78 is 26.0. The maximum Gasteiger partial charge on any atom is 0.151 e. The summed E-state index contributed by atoms with van der Waals surface area (Å²) in [7, 11) is 0. The first-order chi connectivity index (χ1) is 7.16. The fraction of sp³-hybridized carbons (Fsp3) is 0.400. The summed E-state index contributed by atoms with van der Waals surface area (Å²) in [4.78, 5) is 0. The van der Waals surface area contributed by atoms with Gasteiger partial charge in [-0.1, -0.05) is 0 Å². The molecule has 1 atom stereocenters. The van der Waals surface area contributed by atoms with Crippen molar-refractivity contribution >= 4 is 23.1 Å². The van der Waals surface area contributed by atoms with E-state index in [4.69, 9.17) is 5.73 Å². The lowest BCUT2D eigenvalue weighted by atomic mass is 10.2. The maximum absolute atomic E-state index is 13.1. The van der Waals surface area contributed by atoms with E-state index in [9.17, 15) is 8.78 Å². The van der Waals surface area contributed by atoms with Crippen LogP contribution in [0.5, 0.6) is 0 Å². The molecule has 0 aliphatic carbocycles. The summed E-state index contributed by atoms with van der Waals surface area (Å²) in [5.41, 5.74) is 5.87. The van der Waals surface area contributed by atoms with Crippen LogP contribution in [0.15, 0.2) is 12.1 Å². The van der Waals surface area contributed by atoms with E-state index in [1.807, 2.05) is 11.8 Å². The molecule has 2 rings (SSSR count). The third-order valence-electron chi connectivity index (χ3n) is 2.38. The van der Waals surface area contributed by atoms with Crippen LogP contribution in [0.4, 0.5) is 20.2 Å². The third kappa shape index (κ3) is 2.34. The lowest BCUT2D eigenvalue weighted by Gasteiger charge is -2.15. The van der Waals surface area contributed by atoms with Crippen molar-refractivity contribution in [1.29, 1.82) is 0 Å². The van der Waals surface area contributed by atoms with Crippen LogP contribution in [0, 0.1) is 11.6 Å². The van der Waals surface area contributed by atoms with E-state index < -0.39 is 11.6 Å². The molecule has 15 heavy (non-hydrogen) atoms. The molecule has 0 spiro atoms. The van der Waals surface area contributed by atoms with E-state index in [0.717, 1.165) is 24.0 Å². The Morgan fingerprint density at radius 2 is 2.20 bits per heavy atom. The molecular weight excluding hydrogens is 218 g/mol. The van der Waals surface area contributed by atoms with Gasteiger partial charge in [0, 0.05) is 17.9 Å². The molecule has 1 aliphatic rings. The molecular formula is C10H12F2N2S. The van der Waals surface area contributed by atoms with Crippen LogP contribution in [0.25, 0.3) is 0 Å². The zero-order valence-electron chi connectivity index (χ0n) is 8.09. The number of rotatable bonds is 2. The van der Waals surface area contributed by atoms with Gasteiger partial charge in [-0.15, -0.1) is 0 Å². The van der Waals surface area contributed by atoms with Crippen molar-refractivity contribution < 1.29 is 8.78 Å². The minimum absolute atomic E-state index is 0.00620. The van der Waals surface area contributed by atoms with E-state index in [0.29, 0.717) is 5.69 Å². The Morgan fingerprint density at radius 3 is 2.87 bits per heavy atom. The molecule has 0 radical (unpaired) electrons. The first-order valence-corrected chi connectivity index (χ1v) is 5.91. The van der Waals surface area contributed by atoms with Crippen molar-refractivity contribution in [3.8, 4) is 0 Å². The van der Waals surface area contributed by atoms with Crippen molar-refractivity contribution in [2.75, 3.05) is 22.6 Å². The second kappa shape index (κ2) is 4.26. The zero-order chi connectivity index (χ0) is 10.8. The van der Waals surface area contributed by atoms with Crippen molar-refractivity contribution in [3.63, 3.8) is 0 Å². The largest absolute Gasteiger partial charge is 0.395 e. The van der Waals surface area contributed by atoms with Gasteiger partial charge in [0.15, 0.2) is 5.82 Å². The molecule has 1 saturated heterocycles. The van der Waals surface area contributed by atoms with Gasteiger partial charge >= 0.3 is 0 Å². The Bertz CT molecular complexity index is 365. The third-order valence-corrected chi connectivity index (χ3v) is 3.55. The van der Waals surface area contributed by atoms with E-state index in [-0.39, 0.29) is 11.7 Å². The predicted octanol–water partition coefficient (Wildman–Crippen LogP) is 2.46. The molecule has 1 aromatic carbocycles. The molecule has 0 amide bonds. The summed E-state index contributed by atoms with van der Waals surface area (Å²) in [6, 6.07) is 2.30. The number of nitrogen functional groups attached to an aromatic ring is 1. The average molecular weight is 230 g/mol. The number of hydrogen-bond donors (Lipinski definition) is 2. The predicted molar refractivity (Wildman–Crippen MR) is 60.1 cm³/mol. The quantitative estimate of drug-likeness (QED) is 0.766. The highest BCUT2D eigenvalue weighted by Crippen LogP contribution is 2.27. The second-order valence-electron chi connectivity index (χ2n) is 3.55. The number of halogens is 2. The van der Waals surface area contributed by atoms with Crippen LogP contribution in [-0.4, -0.2) is 17.5 Å². The Balaban J connectivity index is 2.19. The molecule has 82 valence electrons. The van der Waals surface area contributed by atoms with Gasteiger partial charge < -0.3 is 11.1 Å². The highest BCUT2D eigenvalue weighted by molar-refractivity contribution is 7.99. The molecule has 1 aliphatic heterocycles. The normalized spacial score (nSPS) is 20.5. The number of thioether (sulfide) groups is 1. The fourth-order valence-corrected chi connectivity index (χ4v) is 2.72. The molecule has 0 aromatic heterocycles. The van der Waals surface area contributed by atoms with Crippen LogP contribution in [0.1, 0.15) is 6.42 Å². The fourth-order valence-electron chi connectivity index (χ4n) is 1.57. The summed E-state index contributed by atoms with van der Waals surface area (Å²) >= 11 is 1.82. The molecule has 0 bridgehead atoms. The minimum atomic E-state index is -0.705. The monoisotopic (exact) mass is 230 g/mol. The van der Waals surface area contributed by atoms with Gasteiger partial charge in [0.2, 0.25) is 0 Å². The molecule has 3 N–H and O–H groups in total. The lowest BCUT2D eigenvalue weighted by Crippen LogP contribution is -2.19. The van der Waals surface area contributed by atoms with Crippen molar-refractivity contribution in [2.24, 2.45) is 0 Å². The molecule has 1 aromatic rings. The van der Waals surface area contributed by atoms with E-state index in [1.54, 1.807) is 0 Å². The summed E-state index contributed by atoms with van der Waals surface area (Å²) in [5.74, 6) is 0.727. The highest BCUT2D eigenvalue weighted by Gasteiger charge is 2.17. The Kier molecular flexibility index (Phi) is 3.00. The summed E-state index contributed by atoms with van der Waals surface area (Å²) in [5, 5.41) is 3.06. The van der Waals surface area contributed by atoms with Crippen molar-refractivity contribution in [1.82, 2.24) is 0 Å². The molecule has 5 heteroatoms. The first-order valence-electron chi connectivity index (χ1n) is 4.75. The summed E-state index contributed by atoms with van der Waals surface area (Å²) in [6.45, 7) is 0. The first kappa shape index (κ1) is 10.5. The van der Waals surface area contributed by atoms with Crippen molar-refractivity contribution in [3.05, 3.63) is 23.8 Å². The summed E-state index contributed by atoms with van der Waals surface area (Å²) in [6.07, 6.45) is 1.00. The van der Waals surface area contributed by atoms with Gasteiger partial charge in [0.1, 0.15) is 5.82 Å². The Hall–Kier alpha value is -0.970. The average Bonchev–Trinajstić information content (AvgIpc) is 2.66. The van der Waals surface area contributed by atoms with Crippen LogP contribution < -0.4 is 11.1 Å². The number of hydrogen-bond acceptors (Lipinski definition) is 3. The van der Waals surface area contributed by atoms with Gasteiger partial charge in [0.25, 0.3) is 0 Å². The highest BCUT2D eigenvalue weighted by atomic mass is 32.2. The maximum atomic E-state index is 13.1. The number of nitrogens with two attached hydrogens (primary N) is 1. The van der Waals surface area contributed by atoms with E-state index in [2.05, 4.69) is 5.32 Å². The second-order valence-corrected chi connectivity index (χ2v) is 4.70. The molecule has 1 heterocycles. The molecule has 0 saturated carbocycles. The molecule has 1 unspecified atom stereocenters. The topological polar surface area (TPSA) is 38.0 Å². The smallest absolute Gasteiger partial charge is 0.151 e. The van der Waals surface area contributed by atoms with Crippen LogP contribution in [0.2, 0.25) is 0 Å². The van der Waals surface area contributed by atoms with Gasteiger partial charge in [-0.05, 0) is 18.2 Å². The van der Waals surface area contributed by atoms with Gasteiger partial charge in [0.05, 0.1) is 11.4 Å². The Morgan fingerprint density at radius 1 is 1.40 bits per heavy atom. The molecule has 1 fully saturated rings. The van der Waals surface area contributed by atoms with E-state index in [1.165, 1.54) is 6.07 Å². The lowest BCUT2D eigenvalue weighted by molar-refractivity contribution is 0.586. The van der Waals surface area contributed by atoms with Crippen LogP contribution >= 0.6 is 11.8 Å². The standard InChI is InChI=1S/C10H12F2N2S/c11-6-3-8(12)10(13)9(4-6)14-7-1-2-15-5-7/h3-4,7,14H,1-2,5,13H2. The van der Waals surface area contributed by atoms with Gasteiger partial charge in [-0.2, -0.15) is 11.8 Å².